The smallest absolute Gasteiger partial charge is 0.0991 e. The Balaban J connectivity index is 1.85. The molecule has 0 aliphatic heterocycles. The topological polar surface area (TPSA) is 23.8 Å². The van der Waals surface area contributed by atoms with Crippen LogP contribution >= 0.6 is 11.8 Å². The standard InChI is InChI=1S/C16H13NS/c17-13-15-8-10-16(11-9-15)18-12-4-7-14-5-2-1-3-6-14/h1-11H,12H2/b7-4+. The quantitative estimate of drug-likeness (QED) is 0.754. The lowest BCUT2D eigenvalue weighted by atomic mass is 10.2. The summed E-state index contributed by atoms with van der Waals surface area (Å²) >= 11 is 1.76. The molecule has 0 radical (unpaired) electrons. The van der Waals surface area contributed by atoms with E-state index >= 15 is 0 Å². The van der Waals surface area contributed by atoms with E-state index in [4.69, 9.17) is 5.26 Å². The SMILES string of the molecule is N#Cc1ccc(SC/C=C/c2ccccc2)cc1. The number of benzene rings is 2. The highest BCUT2D eigenvalue weighted by atomic mass is 32.2. The summed E-state index contributed by atoms with van der Waals surface area (Å²) in [7, 11) is 0. The second-order valence-corrected chi connectivity index (χ2v) is 4.85. The Morgan fingerprint density at radius 2 is 1.72 bits per heavy atom. The summed E-state index contributed by atoms with van der Waals surface area (Å²) in [5.41, 5.74) is 1.93. The minimum Gasteiger partial charge on any atom is -0.192 e. The molecule has 0 saturated heterocycles. The van der Waals surface area contributed by atoms with E-state index in [1.54, 1.807) is 11.8 Å². The van der Waals surface area contributed by atoms with Crippen LogP contribution in [-0.2, 0) is 0 Å². The Morgan fingerprint density at radius 3 is 2.39 bits per heavy atom. The number of thioether (sulfide) groups is 1. The molecule has 2 aromatic carbocycles. The fourth-order valence-corrected chi connectivity index (χ4v) is 2.23. The second-order valence-electron chi connectivity index (χ2n) is 3.76. The number of rotatable bonds is 4. The monoisotopic (exact) mass is 251 g/mol. The molecule has 0 heterocycles. The Kier molecular flexibility index (Phi) is 4.63. The number of hydrogen-bond donors (Lipinski definition) is 0. The molecule has 0 fully saturated rings. The zero-order valence-corrected chi connectivity index (χ0v) is 10.7. The van der Waals surface area contributed by atoms with Crippen molar-refractivity contribution in [1.82, 2.24) is 0 Å². The van der Waals surface area contributed by atoms with Gasteiger partial charge < -0.3 is 0 Å². The van der Waals surface area contributed by atoms with Crippen molar-refractivity contribution >= 4 is 17.8 Å². The van der Waals surface area contributed by atoms with E-state index in [0.717, 1.165) is 5.75 Å². The summed E-state index contributed by atoms with van der Waals surface area (Å²) in [6, 6.07) is 20.1. The van der Waals surface area contributed by atoms with Crippen LogP contribution in [0.3, 0.4) is 0 Å². The van der Waals surface area contributed by atoms with Crippen molar-refractivity contribution in [2.75, 3.05) is 5.75 Å². The van der Waals surface area contributed by atoms with Crippen molar-refractivity contribution in [2.45, 2.75) is 4.90 Å². The normalized spacial score (nSPS) is 10.4. The Morgan fingerprint density at radius 1 is 1.00 bits per heavy atom. The maximum Gasteiger partial charge on any atom is 0.0991 e. The van der Waals surface area contributed by atoms with Crippen molar-refractivity contribution in [2.24, 2.45) is 0 Å². The largest absolute Gasteiger partial charge is 0.192 e. The number of nitrogens with zero attached hydrogens (tertiary/aromatic N) is 1. The van der Waals surface area contributed by atoms with Gasteiger partial charge in [-0.15, -0.1) is 11.8 Å². The predicted octanol–water partition coefficient (Wildman–Crippen LogP) is 4.36. The molecule has 1 nitrogen and oxygen atoms in total. The number of hydrogen-bond acceptors (Lipinski definition) is 2. The van der Waals surface area contributed by atoms with Gasteiger partial charge in [-0.05, 0) is 29.8 Å². The van der Waals surface area contributed by atoms with E-state index in [-0.39, 0.29) is 0 Å². The van der Waals surface area contributed by atoms with Gasteiger partial charge in [-0.1, -0.05) is 42.5 Å². The lowest BCUT2D eigenvalue weighted by Crippen LogP contribution is -1.77. The van der Waals surface area contributed by atoms with Gasteiger partial charge in [0.05, 0.1) is 11.6 Å². The van der Waals surface area contributed by atoms with Crippen LogP contribution in [0.15, 0.2) is 65.6 Å². The zero-order valence-electron chi connectivity index (χ0n) is 9.91. The molecule has 0 saturated carbocycles. The second kappa shape index (κ2) is 6.68. The van der Waals surface area contributed by atoms with E-state index < -0.39 is 0 Å². The first-order chi connectivity index (χ1) is 8.88. The third kappa shape index (κ3) is 3.80. The third-order valence-electron chi connectivity index (χ3n) is 2.44. The highest BCUT2D eigenvalue weighted by Gasteiger charge is 1.93. The van der Waals surface area contributed by atoms with Crippen LogP contribution < -0.4 is 0 Å². The maximum absolute atomic E-state index is 8.70. The van der Waals surface area contributed by atoms with Crippen LogP contribution in [0.25, 0.3) is 6.08 Å². The van der Waals surface area contributed by atoms with Gasteiger partial charge in [0.2, 0.25) is 0 Å². The molecule has 0 N–H and O–H groups in total. The summed E-state index contributed by atoms with van der Waals surface area (Å²) in [5, 5.41) is 8.70. The van der Waals surface area contributed by atoms with Gasteiger partial charge in [-0.25, -0.2) is 0 Å². The molecule has 88 valence electrons. The molecule has 0 aliphatic rings. The van der Waals surface area contributed by atoms with Crippen LogP contribution in [0.1, 0.15) is 11.1 Å². The van der Waals surface area contributed by atoms with Gasteiger partial charge in [0.15, 0.2) is 0 Å². The Labute approximate surface area is 112 Å². The molecule has 0 spiro atoms. The van der Waals surface area contributed by atoms with E-state index in [0.29, 0.717) is 5.56 Å². The lowest BCUT2D eigenvalue weighted by Gasteiger charge is -1.97. The number of nitriles is 1. The van der Waals surface area contributed by atoms with Crippen LogP contribution in [-0.4, -0.2) is 5.75 Å². The van der Waals surface area contributed by atoms with E-state index in [1.165, 1.54) is 10.5 Å². The molecular weight excluding hydrogens is 238 g/mol. The first-order valence-corrected chi connectivity index (χ1v) is 6.71. The van der Waals surface area contributed by atoms with Gasteiger partial charge >= 0.3 is 0 Å². The first-order valence-electron chi connectivity index (χ1n) is 5.73. The average molecular weight is 251 g/mol. The molecule has 2 aromatic rings. The molecule has 0 bridgehead atoms. The maximum atomic E-state index is 8.70. The highest BCUT2D eigenvalue weighted by molar-refractivity contribution is 7.99. The van der Waals surface area contributed by atoms with Gasteiger partial charge in [-0.2, -0.15) is 5.26 Å². The molecular formula is C16H13NS. The van der Waals surface area contributed by atoms with E-state index in [2.05, 4.69) is 30.4 Å². The van der Waals surface area contributed by atoms with Crippen molar-refractivity contribution in [3.8, 4) is 6.07 Å². The lowest BCUT2D eigenvalue weighted by molar-refractivity contribution is 1.41. The highest BCUT2D eigenvalue weighted by Crippen LogP contribution is 2.18. The molecule has 0 unspecified atom stereocenters. The van der Waals surface area contributed by atoms with Gasteiger partial charge in [0, 0.05) is 10.6 Å². The molecule has 18 heavy (non-hydrogen) atoms. The third-order valence-corrected chi connectivity index (χ3v) is 3.40. The van der Waals surface area contributed by atoms with Gasteiger partial charge in [0.1, 0.15) is 0 Å². The van der Waals surface area contributed by atoms with E-state index in [9.17, 15) is 0 Å². The molecule has 0 atom stereocenters. The van der Waals surface area contributed by atoms with E-state index in [1.807, 2.05) is 42.5 Å². The fraction of sp³-hybridized carbons (Fsp3) is 0.0625. The summed E-state index contributed by atoms with van der Waals surface area (Å²) in [4.78, 5) is 1.19. The molecule has 2 heteroatoms. The minimum atomic E-state index is 0.708. The fourth-order valence-electron chi connectivity index (χ4n) is 1.52. The summed E-state index contributed by atoms with van der Waals surface area (Å²) in [6.45, 7) is 0. The predicted molar refractivity (Wildman–Crippen MR) is 77.4 cm³/mol. The first kappa shape index (κ1) is 12.5. The van der Waals surface area contributed by atoms with Gasteiger partial charge in [-0.3, -0.25) is 0 Å². The Bertz CT molecular complexity index is 550. The van der Waals surface area contributed by atoms with Crippen molar-refractivity contribution in [3.05, 3.63) is 71.8 Å². The zero-order chi connectivity index (χ0) is 12.6. The van der Waals surface area contributed by atoms with Crippen LogP contribution in [0.2, 0.25) is 0 Å². The van der Waals surface area contributed by atoms with Crippen LogP contribution in [0, 0.1) is 11.3 Å². The van der Waals surface area contributed by atoms with Crippen LogP contribution in [0.4, 0.5) is 0 Å². The minimum absolute atomic E-state index is 0.708. The van der Waals surface area contributed by atoms with Gasteiger partial charge in [0.25, 0.3) is 0 Å². The molecule has 0 aromatic heterocycles. The van der Waals surface area contributed by atoms with Crippen molar-refractivity contribution < 1.29 is 0 Å². The average Bonchev–Trinajstić information content (AvgIpc) is 2.45. The van der Waals surface area contributed by atoms with Crippen LogP contribution in [0.5, 0.6) is 0 Å². The van der Waals surface area contributed by atoms with Crippen molar-refractivity contribution in [1.29, 1.82) is 5.26 Å². The summed E-state index contributed by atoms with van der Waals surface area (Å²) in [5.74, 6) is 0.931. The van der Waals surface area contributed by atoms with Crippen molar-refractivity contribution in [3.63, 3.8) is 0 Å². The molecule has 0 aliphatic carbocycles. The Hall–Kier alpha value is -1.98. The summed E-state index contributed by atoms with van der Waals surface area (Å²) in [6.07, 6.45) is 4.27. The summed E-state index contributed by atoms with van der Waals surface area (Å²) < 4.78 is 0. The molecule has 0 amide bonds. The molecule has 2 rings (SSSR count).